The van der Waals surface area contributed by atoms with Crippen molar-refractivity contribution in [1.82, 2.24) is 44.5 Å². The second-order valence-corrected chi connectivity index (χ2v) is 21.0. The van der Waals surface area contributed by atoms with Gasteiger partial charge < -0.3 is 30.2 Å². The van der Waals surface area contributed by atoms with Crippen LogP contribution >= 0.6 is 11.3 Å². The van der Waals surface area contributed by atoms with E-state index in [1.54, 1.807) is 53.0 Å². The fourth-order valence-corrected chi connectivity index (χ4v) is 12.1. The maximum Gasteiger partial charge on any atom is 0.263 e. The van der Waals surface area contributed by atoms with E-state index in [0.717, 1.165) is 69.9 Å². The van der Waals surface area contributed by atoms with Gasteiger partial charge in [0.05, 0.1) is 23.5 Å². The van der Waals surface area contributed by atoms with Crippen molar-refractivity contribution < 1.29 is 33.2 Å². The van der Waals surface area contributed by atoms with Crippen molar-refractivity contribution in [2.75, 3.05) is 50.0 Å². The molecule has 2 unspecified atom stereocenters. The molecule has 2 saturated carbocycles. The fraction of sp³-hybridized carbons (Fsp3) is 0.500. The highest BCUT2D eigenvalue weighted by Crippen LogP contribution is 2.37. The maximum atomic E-state index is 14.5. The molecule has 9 rings (SSSR count). The number of Topliss-reactive ketones (excluding diaryl/α,β-unsaturated/α-hetero) is 1. The van der Waals surface area contributed by atoms with Crippen molar-refractivity contribution in [2.45, 2.75) is 128 Å². The number of likely N-dealkylation sites (tertiary alicyclic amines) is 1. The number of pyridine rings is 2. The summed E-state index contributed by atoms with van der Waals surface area (Å²) < 4.78 is 15.2. The molecule has 0 spiro atoms. The summed E-state index contributed by atoms with van der Waals surface area (Å²) in [5.41, 5.74) is 2.36. The number of aromatic nitrogens is 5. The number of thiazole rings is 1. The molecule has 0 radical (unpaired) electrons. The molecule has 0 bridgehead atoms. The lowest BCUT2D eigenvalue weighted by Gasteiger charge is -2.36. The Morgan fingerprint density at radius 3 is 2.24 bits per heavy atom. The van der Waals surface area contributed by atoms with Gasteiger partial charge in [0.15, 0.2) is 5.78 Å². The molecule has 5 aromatic rings. The number of fused-ring (bicyclic) bond motifs is 1. The first-order chi connectivity index (χ1) is 35.7. The van der Waals surface area contributed by atoms with Gasteiger partial charge >= 0.3 is 0 Å². The third-order valence-corrected chi connectivity index (χ3v) is 16.5. The SMILES string of the molecule is CC(=O)c1c(C)c2cnc(Nc3ccc(N4CCN(C(=O)CCC(=O)N(C)C(C)C(=O)NC(C(=O)N5CCC[C@H]5c5nc(C(=O)c6ccc(F)cc6)cs5)C5CCCCC5)CC4)cn3)nc2n(C2CCCC2)c1=O. The van der Waals surface area contributed by atoms with E-state index in [-0.39, 0.29) is 82.9 Å². The molecule has 2 aliphatic heterocycles. The topological polar surface area (TPSA) is 213 Å². The number of carbonyl (C=O) groups excluding carboxylic acids is 6. The van der Waals surface area contributed by atoms with Gasteiger partial charge in [-0.3, -0.25) is 38.1 Å². The number of hydrogen-bond acceptors (Lipinski definition) is 14. The minimum absolute atomic E-state index is 0.0159. The molecule has 3 atom stereocenters. The van der Waals surface area contributed by atoms with Crippen molar-refractivity contribution in [3.63, 3.8) is 0 Å². The number of piperazine rings is 1. The number of ketones is 2. The molecular weight excluding hydrogens is 966 g/mol. The van der Waals surface area contributed by atoms with Gasteiger partial charge in [-0.25, -0.2) is 19.3 Å². The minimum Gasteiger partial charge on any atom is -0.367 e. The highest BCUT2D eigenvalue weighted by molar-refractivity contribution is 7.10. The van der Waals surface area contributed by atoms with Gasteiger partial charge in [-0.05, 0) is 107 Å². The average Bonchev–Trinajstić information content (AvgIpc) is 4.24. The Hall–Kier alpha value is -6.96. The highest BCUT2D eigenvalue weighted by Gasteiger charge is 2.41. The average molecular weight is 1030 g/mol. The standard InChI is InChI=1S/C54H64FN11O7S/c1-32-40-30-57-54(61-49(40)66(38-13-8-9-14-38)52(72)46(32)34(3)67)59-43-21-20-39(29-56-43)63-25-27-64(28-26-63)45(69)23-22-44(68)62(4)33(2)50(71)60-47(35-11-6-5-7-12-35)53(73)65-24-10-15-42(65)51-58-41(31-74-51)48(70)36-16-18-37(55)19-17-36/h16-21,29-31,33,35,38,42,47H,5-15,22-28H2,1-4H3,(H,60,71)(H,56,57,59,61)/t33?,42-,47?/m0/s1. The number of nitrogens with one attached hydrogen (secondary N) is 2. The van der Waals surface area contributed by atoms with Gasteiger partial charge in [0.2, 0.25) is 35.4 Å². The van der Waals surface area contributed by atoms with Crippen LogP contribution in [0.4, 0.5) is 21.8 Å². The van der Waals surface area contributed by atoms with E-state index in [9.17, 15) is 38.0 Å². The number of amides is 4. The second kappa shape index (κ2) is 22.7. The molecular formula is C54H64FN11O7S. The van der Waals surface area contributed by atoms with E-state index in [1.807, 2.05) is 12.1 Å². The number of benzene rings is 1. The molecule has 18 nitrogen and oxygen atoms in total. The number of halogens is 1. The molecule has 74 heavy (non-hydrogen) atoms. The summed E-state index contributed by atoms with van der Waals surface area (Å²) in [6.45, 7) is 7.29. The van der Waals surface area contributed by atoms with E-state index >= 15 is 0 Å². The normalized spacial score (nSPS) is 18.3. The first-order valence-corrected chi connectivity index (χ1v) is 26.9. The molecule has 4 amide bonds. The molecule has 4 fully saturated rings. The van der Waals surface area contributed by atoms with Crippen molar-refractivity contribution in [2.24, 2.45) is 5.92 Å². The van der Waals surface area contributed by atoms with Crippen molar-refractivity contribution in [3.8, 4) is 0 Å². The van der Waals surface area contributed by atoms with Crippen LogP contribution < -0.4 is 21.1 Å². The van der Waals surface area contributed by atoms with E-state index in [4.69, 9.17) is 4.98 Å². The summed E-state index contributed by atoms with van der Waals surface area (Å²) in [5, 5.41) is 9.18. The summed E-state index contributed by atoms with van der Waals surface area (Å²) >= 11 is 1.31. The zero-order chi connectivity index (χ0) is 52.2. The Bertz CT molecular complexity index is 2980. The third kappa shape index (κ3) is 11.1. The van der Waals surface area contributed by atoms with Gasteiger partial charge in [0, 0.05) is 81.2 Å². The van der Waals surface area contributed by atoms with Gasteiger partial charge in [0.1, 0.15) is 40.1 Å². The van der Waals surface area contributed by atoms with E-state index in [2.05, 4.69) is 30.5 Å². The summed E-state index contributed by atoms with van der Waals surface area (Å²) in [4.78, 5) is 120. The predicted molar refractivity (Wildman–Crippen MR) is 278 cm³/mol. The number of carbonyl (C=O) groups is 6. The van der Waals surface area contributed by atoms with Gasteiger partial charge in [-0.1, -0.05) is 32.1 Å². The van der Waals surface area contributed by atoms with Crippen LogP contribution in [-0.2, 0) is 19.2 Å². The lowest BCUT2D eigenvalue weighted by atomic mass is 9.83. The van der Waals surface area contributed by atoms with E-state index < -0.39 is 23.8 Å². The number of aryl methyl sites for hydroxylation is 1. The van der Waals surface area contributed by atoms with Crippen LogP contribution in [0.1, 0.15) is 146 Å². The van der Waals surface area contributed by atoms with Crippen LogP contribution in [0.15, 0.2) is 59.0 Å². The number of hydrogen-bond donors (Lipinski definition) is 2. The van der Waals surface area contributed by atoms with Crippen molar-refractivity contribution >= 4 is 75.0 Å². The first-order valence-electron chi connectivity index (χ1n) is 26.0. The Kier molecular flexibility index (Phi) is 15.9. The maximum absolute atomic E-state index is 14.5. The van der Waals surface area contributed by atoms with Crippen LogP contribution in [0.5, 0.6) is 0 Å². The van der Waals surface area contributed by atoms with Crippen LogP contribution in [0.3, 0.4) is 0 Å². The minimum atomic E-state index is -0.907. The zero-order valence-corrected chi connectivity index (χ0v) is 43.3. The Labute approximate surface area is 433 Å². The van der Waals surface area contributed by atoms with Gasteiger partial charge in [-0.2, -0.15) is 4.98 Å². The van der Waals surface area contributed by atoms with Gasteiger partial charge in [0.25, 0.3) is 5.56 Å². The molecule has 2 saturated heterocycles. The summed E-state index contributed by atoms with van der Waals surface area (Å²) in [6.07, 6.45) is 12.9. The summed E-state index contributed by atoms with van der Waals surface area (Å²) in [6, 6.07) is 6.94. The Morgan fingerprint density at radius 2 is 1.55 bits per heavy atom. The number of rotatable bonds is 16. The van der Waals surface area contributed by atoms with Gasteiger partial charge in [-0.15, -0.1) is 11.3 Å². The summed E-state index contributed by atoms with van der Waals surface area (Å²) in [7, 11) is 1.54. The molecule has 20 heteroatoms. The van der Waals surface area contributed by atoms with Crippen LogP contribution in [0.25, 0.3) is 11.0 Å². The first kappa shape index (κ1) is 51.9. The van der Waals surface area contributed by atoms with Crippen LogP contribution in [-0.4, -0.2) is 126 Å². The zero-order valence-electron chi connectivity index (χ0n) is 42.5. The second-order valence-electron chi connectivity index (χ2n) is 20.2. The third-order valence-electron chi connectivity index (χ3n) is 15.5. The molecule has 4 aromatic heterocycles. The van der Waals surface area contributed by atoms with Crippen LogP contribution in [0.2, 0.25) is 0 Å². The number of likely N-dealkylation sites (N-methyl/N-ethyl adjacent to an activating group) is 1. The highest BCUT2D eigenvalue weighted by atomic mass is 32.1. The smallest absolute Gasteiger partial charge is 0.263 e. The quantitative estimate of drug-likeness (QED) is 0.0947. The largest absolute Gasteiger partial charge is 0.367 e. The Morgan fingerprint density at radius 1 is 0.838 bits per heavy atom. The van der Waals surface area contributed by atoms with Crippen LogP contribution in [0, 0.1) is 18.7 Å². The fourth-order valence-electron chi connectivity index (χ4n) is 11.1. The summed E-state index contributed by atoms with van der Waals surface area (Å²) in [5.74, 6) is -1.50. The predicted octanol–water partition coefficient (Wildman–Crippen LogP) is 7.09. The van der Waals surface area contributed by atoms with Crippen molar-refractivity contribution in [1.29, 1.82) is 0 Å². The molecule has 6 heterocycles. The van der Waals surface area contributed by atoms with Crippen molar-refractivity contribution in [3.05, 3.63) is 97.7 Å². The molecule has 2 aliphatic carbocycles. The molecule has 2 N–H and O–H groups in total. The van der Waals surface area contributed by atoms with E-state index in [0.29, 0.717) is 72.1 Å². The monoisotopic (exact) mass is 1030 g/mol. The lowest BCUT2D eigenvalue weighted by Crippen LogP contribution is -2.56. The molecule has 390 valence electrons. The number of nitrogens with zero attached hydrogens (tertiary/aromatic N) is 9. The lowest BCUT2D eigenvalue weighted by molar-refractivity contribution is -0.143. The number of anilines is 3. The molecule has 4 aliphatic rings. The Balaban J connectivity index is 0.761. The van der Waals surface area contributed by atoms with E-state index in [1.165, 1.54) is 47.4 Å². The molecule has 1 aromatic carbocycles.